The summed E-state index contributed by atoms with van der Waals surface area (Å²) in [4.78, 5) is 0.323. The fourth-order valence-electron chi connectivity index (χ4n) is 2.09. The normalized spacial score (nSPS) is 16.5. The van der Waals surface area contributed by atoms with Crippen molar-refractivity contribution < 1.29 is 4.74 Å². The number of alkyl halides is 1. The van der Waals surface area contributed by atoms with Crippen molar-refractivity contribution in [3.05, 3.63) is 27.7 Å². The largest absolute Gasteiger partial charge is 0.493 e. The summed E-state index contributed by atoms with van der Waals surface area (Å²) in [7, 11) is 0. The number of fused-ring (bicyclic) bond motifs is 1. The second-order valence-electron chi connectivity index (χ2n) is 5.29. The summed E-state index contributed by atoms with van der Waals surface area (Å²) in [5, 5.41) is 0. The van der Waals surface area contributed by atoms with Crippen LogP contribution in [0.3, 0.4) is 0 Å². The van der Waals surface area contributed by atoms with Gasteiger partial charge in [0, 0.05) is 21.3 Å². The van der Waals surface area contributed by atoms with Gasteiger partial charge in [-0.25, -0.2) is 0 Å². The minimum Gasteiger partial charge on any atom is -0.493 e. The van der Waals surface area contributed by atoms with Crippen LogP contribution in [-0.4, -0.2) is 6.61 Å². The van der Waals surface area contributed by atoms with E-state index in [1.807, 2.05) is 0 Å². The molecule has 1 aliphatic heterocycles. The number of hydrogen-bond acceptors (Lipinski definition) is 1. The lowest BCUT2D eigenvalue weighted by molar-refractivity contribution is 0.323. The van der Waals surface area contributed by atoms with E-state index >= 15 is 0 Å². The van der Waals surface area contributed by atoms with Gasteiger partial charge in [0.2, 0.25) is 0 Å². The van der Waals surface area contributed by atoms with Crippen molar-refractivity contribution in [1.82, 2.24) is 0 Å². The number of hydrogen-bond donors (Lipinski definition) is 0. The second kappa shape index (κ2) is 4.93. The van der Waals surface area contributed by atoms with Gasteiger partial charge in [0.25, 0.3) is 0 Å². The van der Waals surface area contributed by atoms with Gasteiger partial charge in [0.05, 0.1) is 6.61 Å². The van der Waals surface area contributed by atoms with Crippen LogP contribution in [0.15, 0.2) is 16.6 Å². The number of ether oxygens (including phenoxy) is 1. The first-order valence-corrected chi connectivity index (χ1v) is 7.75. The molecule has 2 rings (SSSR count). The van der Waals surface area contributed by atoms with Crippen LogP contribution >= 0.6 is 31.9 Å². The molecule has 1 heterocycles. The van der Waals surface area contributed by atoms with Crippen LogP contribution in [0.1, 0.15) is 43.1 Å². The third-order valence-electron chi connectivity index (χ3n) is 3.65. The van der Waals surface area contributed by atoms with Gasteiger partial charge in [0.1, 0.15) is 5.75 Å². The molecular weight excluding hydrogens is 344 g/mol. The molecule has 0 aromatic heterocycles. The van der Waals surface area contributed by atoms with Crippen molar-refractivity contribution in [1.29, 1.82) is 0 Å². The fourth-order valence-corrected chi connectivity index (χ4v) is 3.27. The maximum atomic E-state index is 5.79. The average molecular weight is 362 g/mol. The third kappa shape index (κ3) is 2.55. The number of rotatable bonds is 3. The standard InChI is InChI=1S/C14H18Br2O/c1-4-14(2,3)13(16)11-8-10(15)7-9-5-6-17-12(9)11/h7-8,13H,4-6H2,1-3H3. The molecular formula is C14H18Br2O. The molecule has 0 N–H and O–H groups in total. The Balaban J connectivity index is 2.45. The van der Waals surface area contributed by atoms with E-state index in [2.05, 4.69) is 64.8 Å². The lowest BCUT2D eigenvalue weighted by Gasteiger charge is -2.30. The Morgan fingerprint density at radius 1 is 1.41 bits per heavy atom. The van der Waals surface area contributed by atoms with E-state index in [4.69, 9.17) is 4.74 Å². The van der Waals surface area contributed by atoms with E-state index in [0.29, 0.717) is 4.83 Å². The Morgan fingerprint density at radius 2 is 2.12 bits per heavy atom. The van der Waals surface area contributed by atoms with Gasteiger partial charge >= 0.3 is 0 Å². The maximum absolute atomic E-state index is 5.79. The SMILES string of the molecule is CCC(C)(C)C(Br)c1cc(Br)cc2c1OCC2. The molecule has 0 spiro atoms. The van der Waals surface area contributed by atoms with Crippen LogP contribution in [0.25, 0.3) is 0 Å². The molecule has 17 heavy (non-hydrogen) atoms. The Hall–Kier alpha value is -0.0200. The van der Waals surface area contributed by atoms with Gasteiger partial charge in [-0.2, -0.15) is 0 Å². The molecule has 0 amide bonds. The van der Waals surface area contributed by atoms with Gasteiger partial charge in [-0.1, -0.05) is 52.6 Å². The highest BCUT2D eigenvalue weighted by atomic mass is 79.9. The predicted molar refractivity (Wildman–Crippen MR) is 79.1 cm³/mol. The zero-order valence-corrected chi connectivity index (χ0v) is 13.7. The first kappa shape index (κ1) is 13.4. The highest BCUT2D eigenvalue weighted by Gasteiger charge is 2.31. The van der Waals surface area contributed by atoms with Gasteiger partial charge in [-0.3, -0.25) is 0 Å². The van der Waals surface area contributed by atoms with Gasteiger partial charge in [-0.05, 0) is 29.5 Å². The van der Waals surface area contributed by atoms with Gasteiger partial charge in [-0.15, -0.1) is 0 Å². The molecule has 3 heteroatoms. The highest BCUT2D eigenvalue weighted by molar-refractivity contribution is 9.10. The van der Waals surface area contributed by atoms with Crippen LogP contribution in [0, 0.1) is 5.41 Å². The van der Waals surface area contributed by atoms with E-state index in [1.165, 1.54) is 11.1 Å². The van der Waals surface area contributed by atoms with E-state index in [-0.39, 0.29) is 5.41 Å². The minimum atomic E-state index is 0.223. The molecule has 0 saturated carbocycles. The van der Waals surface area contributed by atoms with E-state index < -0.39 is 0 Å². The molecule has 1 nitrogen and oxygen atoms in total. The topological polar surface area (TPSA) is 9.23 Å². The van der Waals surface area contributed by atoms with Crippen molar-refractivity contribution in [2.75, 3.05) is 6.61 Å². The molecule has 0 aliphatic carbocycles. The minimum absolute atomic E-state index is 0.223. The zero-order chi connectivity index (χ0) is 12.6. The summed E-state index contributed by atoms with van der Waals surface area (Å²) in [6.45, 7) is 7.61. The fraction of sp³-hybridized carbons (Fsp3) is 0.571. The molecule has 0 bridgehead atoms. The Labute approximate surface area is 120 Å². The van der Waals surface area contributed by atoms with Crippen molar-refractivity contribution in [3.8, 4) is 5.75 Å². The second-order valence-corrected chi connectivity index (χ2v) is 7.12. The van der Waals surface area contributed by atoms with E-state index in [9.17, 15) is 0 Å². The van der Waals surface area contributed by atoms with Crippen molar-refractivity contribution in [2.24, 2.45) is 5.41 Å². The van der Waals surface area contributed by atoms with Crippen molar-refractivity contribution in [3.63, 3.8) is 0 Å². The molecule has 1 atom stereocenters. The quantitative estimate of drug-likeness (QED) is 0.667. The molecule has 0 saturated heterocycles. The number of halogens is 2. The Kier molecular flexibility index (Phi) is 3.89. The molecule has 0 fully saturated rings. The summed E-state index contributed by atoms with van der Waals surface area (Å²) in [5.74, 6) is 1.09. The van der Waals surface area contributed by atoms with Crippen molar-refractivity contribution >= 4 is 31.9 Å². The summed E-state index contributed by atoms with van der Waals surface area (Å²) in [6.07, 6.45) is 2.15. The molecule has 1 aromatic rings. The summed E-state index contributed by atoms with van der Waals surface area (Å²) in [6, 6.07) is 4.35. The summed E-state index contributed by atoms with van der Waals surface area (Å²) < 4.78 is 6.94. The van der Waals surface area contributed by atoms with Crippen molar-refractivity contribution in [2.45, 2.75) is 38.4 Å². The first-order chi connectivity index (χ1) is 7.95. The Bertz CT molecular complexity index is 426. The number of benzene rings is 1. The lowest BCUT2D eigenvalue weighted by atomic mass is 9.82. The molecule has 0 radical (unpaired) electrons. The van der Waals surface area contributed by atoms with E-state index in [0.717, 1.165) is 29.7 Å². The summed E-state index contributed by atoms with van der Waals surface area (Å²) >= 11 is 7.45. The predicted octanol–water partition coefficient (Wildman–Crippen LogP) is 5.26. The average Bonchev–Trinajstić information content (AvgIpc) is 2.74. The monoisotopic (exact) mass is 360 g/mol. The summed E-state index contributed by atoms with van der Waals surface area (Å²) in [5.41, 5.74) is 2.82. The van der Waals surface area contributed by atoms with Crippen LogP contribution in [-0.2, 0) is 6.42 Å². The zero-order valence-electron chi connectivity index (χ0n) is 10.5. The van der Waals surface area contributed by atoms with Crippen LogP contribution in [0.4, 0.5) is 0 Å². The first-order valence-electron chi connectivity index (χ1n) is 6.05. The maximum Gasteiger partial charge on any atom is 0.127 e. The molecule has 1 aromatic carbocycles. The van der Waals surface area contributed by atoms with Crippen LogP contribution < -0.4 is 4.74 Å². The lowest BCUT2D eigenvalue weighted by Crippen LogP contribution is -2.17. The smallest absolute Gasteiger partial charge is 0.127 e. The molecule has 1 aliphatic rings. The Morgan fingerprint density at radius 3 is 2.76 bits per heavy atom. The van der Waals surface area contributed by atoms with Crippen LogP contribution in [0.5, 0.6) is 5.75 Å². The highest BCUT2D eigenvalue weighted by Crippen LogP contribution is 2.48. The van der Waals surface area contributed by atoms with Gasteiger partial charge in [0.15, 0.2) is 0 Å². The van der Waals surface area contributed by atoms with Gasteiger partial charge < -0.3 is 4.74 Å². The van der Waals surface area contributed by atoms with E-state index in [1.54, 1.807) is 0 Å². The molecule has 1 unspecified atom stereocenters. The molecule has 94 valence electrons. The third-order valence-corrected chi connectivity index (χ3v) is 5.84. The van der Waals surface area contributed by atoms with Crippen LogP contribution in [0.2, 0.25) is 0 Å².